The second kappa shape index (κ2) is 5.94. The molecule has 1 aromatic carbocycles. The molecule has 0 aromatic heterocycles. The molecule has 2 aliphatic heterocycles. The van der Waals surface area contributed by atoms with E-state index in [1.165, 1.54) is 5.56 Å². The second-order valence-corrected chi connectivity index (χ2v) is 5.92. The van der Waals surface area contributed by atoms with Crippen molar-refractivity contribution in [3.63, 3.8) is 0 Å². The van der Waals surface area contributed by atoms with Crippen LogP contribution in [0.5, 0.6) is 0 Å². The fraction of sp³-hybridized carbons (Fsp3) is 0.562. The van der Waals surface area contributed by atoms with Gasteiger partial charge in [-0.2, -0.15) is 0 Å². The molecule has 0 saturated carbocycles. The first-order chi connectivity index (χ1) is 9.74. The van der Waals surface area contributed by atoms with Crippen molar-refractivity contribution >= 4 is 11.6 Å². The highest BCUT2D eigenvalue weighted by Crippen LogP contribution is 2.26. The second-order valence-electron chi connectivity index (χ2n) is 5.92. The van der Waals surface area contributed by atoms with Gasteiger partial charge in [-0.1, -0.05) is 18.2 Å². The van der Waals surface area contributed by atoms with Crippen LogP contribution in [-0.2, 0) is 11.2 Å². The van der Waals surface area contributed by atoms with Gasteiger partial charge in [0.1, 0.15) is 0 Å². The molecular formula is C16H23N3O. The van der Waals surface area contributed by atoms with Crippen LogP contribution in [0.4, 0.5) is 5.69 Å². The van der Waals surface area contributed by atoms with Crippen molar-refractivity contribution in [2.45, 2.75) is 31.7 Å². The van der Waals surface area contributed by atoms with Gasteiger partial charge in [0.05, 0.1) is 6.54 Å². The number of carbonyl (C=O) groups is 1. The number of piperidine rings is 1. The molecule has 2 heterocycles. The van der Waals surface area contributed by atoms with E-state index in [4.69, 9.17) is 5.73 Å². The van der Waals surface area contributed by atoms with Gasteiger partial charge in [0.25, 0.3) is 0 Å². The Morgan fingerprint density at radius 1 is 1.25 bits per heavy atom. The maximum Gasteiger partial charge on any atom is 0.241 e. The highest BCUT2D eigenvalue weighted by atomic mass is 16.2. The van der Waals surface area contributed by atoms with E-state index in [1.54, 1.807) is 0 Å². The average Bonchev–Trinajstić information content (AvgIpc) is 2.46. The summed E-state index contributed by atoms with van der Waals surface area (Å²) in [5.41, 5.74) is 8.39. The minimum Gasteiger partial charge on any atom is -0.327 e. The molecule has 1 aromatic rings. The average molecular weight is 273 g/mol. The number of hydrogen-bond donors (Lipinski definition) is 1. The molecule has 2 aliphatic rings. The number of rotatable bonds is 2. The molecule has 0 spiro atoms. The number of aryl methyl sites for hydroxylation is 1. The molecule has 1 saturated heterocycles. The van der Waals surface area contributed by atoms with Crippen molar-refractivity contribution in [3.8, 4) is 0 Å². The summed E-state index contributed by atoms with van der Waals surface area (Å²) < 4.78 is 0. The maximum atomic E-state index is 12.6. The Hall–Kier alpha value is -1.39. The largest absolute Gasteiger partial charge is 0.327 e. The number of para-hydroxylation sites is 1. The van der Waals surface area contributed by atoms with Crippen molar-refractivity contribution < 1.29 is 4.79 Å². The molecule has 0 radical (unpaired) electrons. The summed E-state index contributed by atoms with van der Waals surface area (Å²) in [5.74, 6) is 0.214. The van der Waals surface area contributed by atoms with Crippen LogP contribution in [0.15, 0.2) is 24.3 Å². The SMILES string of the molecule is NC1CCCN(CC(=O)N2CCCc3ccccc32)C1. The summed E-state index contributed by atoms with van der Waals surface area (Å²) in [7, 11) is 0. The number of amides is 1. The van der Waals surface area contributed by atoms with Gasteiger partial charge >= 0.3 is 0 Å². The zero-order valence-corrected chi connectivity index (χ0v) is 11.9. The van der Waals surface area contributed by atoms with E-state index in [1.807, 2.05) is 11.0 Å². The first-order valence-electron chi connectivity index (χ1n) is 7.60. The van der Waals surface area contributed by atoms with E-state index in [0.717, 1.165) is 51.0 Å². The topological polar surface area (TPSA) is 49.6 Å². The normalized spacial score (nSPS) is 23.4. The number of carbonyl (C=O) groups excluding carboxylic acids is 1. The fourth-order valence-corrected chi connectivity index (χ4v) is 3.30. The molecule has 20 heavy (non-hydrogen) atoms. The van der Waals surface area contributed by atoms with Crippen molar-refractivity contribution in [3.05, 3.63) is 29.8 Å². The molecular weight excluding hydrogens is 250 g/mol. The predicted octanol–water partition coefficient (Wildman–Crippen LogP) is 1.39. The third-order valence-corrected chi connectivity index (χ3v) is 4.31. The summed E-state index contributed by atoms with van der Waals surface area (Å²) in [6, 6.07) is 8.49. The van der Waals surface area contributed by atoms with Crippen LogP contribution in [0.25, 0.3) is 0 Å². The summed E-state index contributed by atoms with van der Waals surface area (Å²) in [6.07, 6.45) is 4.32. The van der Waals surface area contributed by atoms with Gasteiger partial charge in [0, 0.05) is 24.8 Å². The molecule has 4 nitrogen and oxygen atoms in total. The molecule has 0 bridgehead atoms. The smallest absolute Gasteiger partial charge is 0.241 e. The quantitative estimate of drug-likeness (QED) is 0.886. The molecule has 1 atom stereocenters. The first kappa shape index (κ1) is 13.6. The van der Waals surface area contributed by atoms with Gasteiger partial charge in [-0.05, 0) is 43.9 Å². The first-order valence-corrected chi connectivity index (χ1v) is 7.60. The third-order valence-electron chi connectivity index (χ3n) is 4.31. The highest BCUT2D eigenvalue weighted by Gasteiger charge is 2.25. The monoisotopic (exact) mass is 273 g/mol. The van der Waals surface area contributed by atoms with Gasteiger partial charge < -0.3 is 10.6 Å². The molecule has 1 amide bonds. The van der Waals surface area contributed by atoms with Crippen LogP contribution in [0.3, 0.4) is 0 Å². The Bertz CT molecular complexity index is 488. The number of nitrogens with zero attached hydrogens (tertiary/aromatic N) is 2. The van der Waals surface area contributed by atoms with E-state index in [0.29, 0.717) is 6.54 Å². The van der Waals surface area contributed by atoms with Gasteiger partial charge in [-0.25, -0.2) is 0 Å². The standard InChI is InChI=1S/C16H23N3O/c17-14-7-4-9-18(11-14)12-16(20)19-10-3-6-13-5-1-2-8-15(13)19/h1-2,5,8,14H,3-4,6-7,9-12,17H2. The zero-order chi connectivity index (χ0) is 13.9. The van der Waals surface area contributed by atoms with Crippen LogP contribution in [0.2, 0.25) is 0 Å². The third kappa shape index (κ3) is 2.86. The number of benzene rings is 1. The Balaban J connectivity index is 1.69. The predicted molar refractivity (Wildman–Crippen MR) is 80.8 cm³/mol. The van der Waals surface area contributed by atoms with Crippen LogP contribution >= 0.6 is 0 Å². The van der Waals surface area contributed by atoms with Gasteiger partial charge in [-0.15, -0.1) is 0 Å². The Kier molecular flexibility index (Phi) is 4.03. The molecule has 2 N–H and O–H groups in total. The van der Waals surface area contributed by atoms with Crippen molar-refractivity contribution in [2.75, 3.05) is 31.1 Å². The van der Waals surface area contributed by atoms with Crippen molar-refractivity contribution in [2.24, 2.45) is 5.73 Å². The summed E-state index contributed by atoms with van der Waals surface area (Å²) >= 11 is 0. The van der Waals surface area contributed by atoms with E-state index >= 15 is 0 Å². The van der Waals surface area contributed by atoms with Crippen LogP contribution in [0.1, 0.15) is 24.8 Å². The lowest BCUT2D eigenvalue weighted by atomic mass is 10.0. The van der Waals surface area contributed by atoms with Gasteiger partial charge in [0.15, 0.2) is 0 Å². The van der Waals surface area contributed by atoms with E-state index in [9.17, 15) is 4.79 Å². The maximum absolute atomic E-state index is 12.6. The lowest BCUT2D eigenvalue weighted by Gasteiger charge is -2.34. The van der Waals surface area contributed by atoms with Crippen LogP contribution in [0, 0.1) is 0 Å². The molecule has 3 rings (SSSR count). The minimum absolute atomic E-state index is 0.214. The molecule has 4 heteroatoms. The Morgan fingerprint density at radius 2 is 2.10 bits per heavy atom. The molecule has 1 unspecified atom stereocenters. The van der Waals surface area contributed by atoms with Crippen molar-refractivity contribution in [1.29, 1.82) is 0 Å². The molecule has 0 aliphatic carbocycles. The summed E-state index contributed by atoms with van der Waals surface area (Å²) in [5, 5.41) is 0. The number of fused-ring (bicyclic) bond motifs is 1. The minimum atomic E-state index is 0.214. The van der Waals surface area contributed by atoms with Gasteiger partial charge in [-0.3, -0.25) is 9.69 Å². The highest BCUT2D eigenvalue weighted by molar-refractivity contribution is 5.95. The number of likely N-dealkylation sites (tertiary alicyclic amines) is 1. The lowest BCUT2D eigenvalue weighted by Crippen LogP contribution is -2.48. The Labute approximate surface area is 120 Å². The van der Waals surface area contributed by atoms with Crippen molar-refractivity contribution in [1.82, 2.24) is 4.90 Å². The van der Waals surface area contributed by atoms with E-state index in [2.05, 4.69) is 23.1 Å². The molecule has 1 fully saturated rings. The number of nitrogens with two attached hydrogens (primary N) is 1. The summed E-state index contributed by atoms with van der Waals surface area (Å²) in [6.45, 7) is 3.19. The van der Waals surface area contributed by atoms with E-state index < -0.39 is 0 Å². The lowest BCUT2D eigenvalue weighted by molar-refractivity contribution is -0.120. The Morgan fingerprint density at radius 3 is 2.95 bits per heavy atom. The zero-order valence-electron chi connectivity index (χ0n) is 11.9. The van der Waals surface area contributed by atoms with Gasteiger partial charge in [0.2, 0.25) is 5.91 Å². The number of anilines is 1. The fourth-order valence-electron chi connectivity index (χ4n) is 3.30. The molecule has 108 valence electrons. The van der Waals surface area contributed by atoms with Crippen LogP contribution in [-0.4, -0.2) is 43.0 Å². The summed E-state index contributed by atoms with van der Waals surface area (Å²) in [4.78, 5) is 16.7. The van der Waals surface area contributed by atoms with E-state index in [-0.39, 0.29) is 11.9 Å². The van der Waals surface area contributed by atoms with Crippen LogP contribution < -0.4 is 10.6 Å². The number of hydrogen-bond acceptors (Lipinski definition) is 3.